The predicted octanol–water partition coefficient (Wildman–Crippen LogP) is 2.54. The summed E-state index contributed by atoms with van der Waals surface area (Å²) in [7, 11) is 0. The molecular weight excluding hydrogens is 280 g/mol. The highest BCUT2D eigenvalue weighted by Gasteiger charge is 2.29. The summed E-state index contributed by atoms with van der Waals surface area (Å²) in [6, 6.07) is 0. The van der Waals surface area contributed by atoms with Crippen molar-refractivity contribution in [2.45, 2.75) is 45.4 Å². The van der Waals surface area contributed by atoms with Crippen LogP contribution in [0.25, 0.3) is 0 Å². The van der Waals surface area contributed by atoms with Gasteiger partial charge in [0.15, 0.2) is 12.1 Å². The molecule has 0 bridgehead atoms. The summed E-state index contributed by atoms with van der Waals surface area (Å²) in [5.41, 5.74) is 2.88. The predicted molar refractivity (Wildman–Crippen MR) is 81.7 cm³/mol. The molecule has 1 amide bonds. The van der Waals surface area contributed by atoms with Crippen molar-refractivity contribution in [2.24, 2.45) is 0 Å². The van der Waals surface area contributed by atoms with Crippen LogP contribution in [0.4, 0.5) is 0 Å². The maximum Gasteiger partial charge on any atom is 0.276 e. The van der Waals surface area contributed by atoms with E-state index in [0.29, 0.717) is 30.3 Å². The molecule has 6 nitrogen and oxygen atoms in total. The third-order valence-electron chi connectivity index (χ3n) is 4.41. The summed E-state index contributed by atoms with van der Waals surface area (Å²) in [5.74, 6) is 0.975. The number of aryl methyl sites for hydroxylation is 2. The molecule has 0 radical (unpaired) electrons. The van der Waals surface area contributed by atoms with Crippen LogP contribution in [-0.2, 0) is 12.8 Å². The minimum atomic E-state index is -0.0205. The van der Waals surface area contributed by atoms with Crippen LogP contribution in [-0.4, -0.2) is 39.1 Å². The molecule has 1 N–H and O–H groups in total. The van der Waals surface area contributed by atoms with Gasteiger partial charge in [0.05, 0.1) is 6.20 Å². The maximum atomic E-state index is 12.7. The Morgan fingerprint density at radius 2 is 2.32 bits per heavy atom. The zero-order valence-electron chi connectivity index (χ0n) is 13.1. The molecule has 2 aromatic rings. The quantitative estimate of drug-likeness (QED) is 0.941. The fourth-order valence-corrected chi connectivity index (χ4v) is 3.20. The van der Waals surface area contributed by atoms with Crippen molar-refractivity contribution < 1.29 is 9.21 Å². The number of oxazole rings is 1. The van der Waals surface area contributed by atoms with E-state index in [1.165, 1.54) is 17.7 Å². The summed E-state index contributed by atoms with van der Waals surface area (Å²) < 4.78 is 5.29. The Kier molecular flexibility index (Phi) is 4.27. The fraction of sp³-hybridized carbons (Fsp3) is 0.562. The Bertz CT molecular complexity index is 646. The third-order valence-corrected chi connectivity index (χ3v) is 4.41. The molecule has 22 heavy (non-hydrogen) atoms. The second kappa shape index (κ2) is 6.34. The summed E-state index contributed by atoms with van der Waals surface area (Å²) in [6.45, 7) is 5.59. The molecule has 1 aliphatic heterocycles. The van der Waals surface area contributed by atoms with Gasteiger partial charge in [0.1, 0.15) is 5.76 Å². The monoisotopic (exact) mass is 302 g/mol. The number of rotatable bonds is 4. The molecule has 1 atom stereocenters. The summed E-state index contributed by atoms with van der Waals surface area (Å²) in [4.78, 5) is 18.7. The molecule has 1 saturated heterocycles. The molecule has 0 aliphatic carbocycles. The van der Waals surface area contributed by atoms with Gasteiger partial charge < -0.3 is 9.32 Å². The minimum absolute atomic E-state index is 0.0205. The number of nitrogens with one attached hydrogen (secondary N) is 1. The third kappa shape index (κ3) is 2.65. The Morgan fingerprint density at radius 3 is 3.09 bits per heavy atom. The van der Waals surface area contributed by atoms with Crippen LogP contribution < -0.4 is 0 Å². The molecule has 1 unspecified atom stereocenters. The standard InChI is InChI=1S/C16H22N4O2/c1-3-11-8-18-19-14(11)12-6-5-7-20(9-12)16(21)15-13(4-2)22-10-17-15/h8,10,12H,3-7,9H2,1-2H3,(H,18,19). The molecule has 1 fully saturated rings. The first kappa shape index (κ1) is 14.8. The van der Waals surface area contributed by atoms with Crippen LogP contribution in [0, 0.1) is 0 Å². The van der Waals surface area contributed by atoms with E-state index in [0.717, 1.165) is 25.8 Å². The second-order valence-corrected chi connectivity index (χ2v) is 5.73. The normalized spacial score (nSPS) is 18.6. The Labute approximate surface area is 129 Å². The van der Waals surface area contributed by atoms with E-state index in [1.807, 2.05) is 18.0 Å². The molecule has 0 spiro atoms. The van der Waals surface area contributed by atoms with Gasteiger partial charge in [-0.1, -0.05) is 13.8 Å². The first-order chi connectivity index (χ1) is 10.7. The van der Waals surface area contributed by atoms with Crippen LogP contribution >= 0.6 is 0 Å². The van der Waals surface area contributed by atoms with Crippen molar-refractivity contribution in [1.82, 2.24) is 20.1 Å². The van der Waals surface area contributed by atoms with Crippen molar-refractivity contribution in [1.29, 1.82) is 0 Å². The van der Waals surface area contributed by atoms with Crippen LogP contribution in [0.15, 0.2) is 17.0 Å². The number of hydrogen-bond acceptors (Lipinski definition) is 4. The average molecular weight is 302 g/mol. The van der Waals surface area contributed by atoms with Gasteiger partial charge in [-0.05, 0) is 24.8 Å². The highest BCUT2D eigenvalue weighted by molar-refractivity contribution is 5.93. The molecule has 2 aromatic heterocycles. The van der Waals surface area contributed by atoms with Gasteiger partial charge in [-0.15, -0.1) is 0 Å². The van der Waals surface area contributed by atoms with Crippen molar-refractivity contribution >= 4 is 5.91 Å². The zero-order chi connectivity index (χ0) is 15.5. The van der Waals surface area contributed by atoms with Crippen molar-refractivity contribution in [3.8, 4) is 0 Å². The minimum Gasteiger partial charge on any atom is -0.448 e. The average Bonchev–Trinajstić information content (AvgIpc) is 3.22. The van der Waals surface area contributed by atoms with Crippen molar-refractivity contribution in [3.63, 3.8) is 0 Å². The second-order valence-electron chi connectivity index (χ2n) is 5.73. The molecule has 0 aromatic carbocycles. The fourth-order valence-electron chi connectivity index (χ4n) is 3.20. The number of H-pyrrole nitrogens is 1. The number of aromatic nitrogens is 3. The van der Waals surface area contributed by atoms with E-state index in [1.54, 1.807) is 0 Å². The zero-order valence-corrected chi connectivity index (χ0v) is 13.1. The van der Waals surface area contributed by atoms with Gasteiger partial charge >= 0.3 is 0 Å². The maximum absolute atomic E-state index is 12.7. The lowest BCUT2D eigenvalue weighted by atomic mass is 9.92. The molecular formula is C16H22N4O2. The van der Waals surface area contributed by atoms with Crippen molar-refractivity contribution in [3.05, 3.63) is 35.3 Å². The first-order valence-corrected chi connectivity index (χ1v) is 7.98. The van der Waals surface area contributed by atoms with Gasteiger partial charge in [-0.2, -0.15) is 5.10 Å². The van der Waals surface area contributed by atoms with E-state index in [-0.39, 0.29) is 5.91 Å². The SMILES string of the molecule is CCc1cn[nH]c1C1CCCN(C(=O)c2ncoc2CC)C1. The number of likely N-dealkylation sites (tertiary alicyclic amines) is 1. The van der Waals surface area contributed by atoms with E-state index in [4.69, 9.17) is 4.42 Å². The molecule has 3 heterocycles. The van der Waals surface area contributed by atoms with E-state index >= 15 is 0 Å². The topological polar surface area (TPSA) is 75.0 Å². The summed E-state index contributed by atoms with van der Waals surface area (Å²) >= 11 is 0. The van der Waals surface area contributed by atoms with Gasteiger partial charge in [-0.3, -0.25) is 9.89 Å². The number of amides is 1. The molecule has 0 saturated carbocycles. The number of hydrogen-bond donors (Lipinski definition) is 1. The number of piperidine rings is 1. The van der Waals surface area contributed by atoms with Gasteiger partial charge in [0.25, 0.3) is 5.91 Å². The lowest BCUT2D eigenvalue weighted by Gasteiger charge is -2.32. The molecule has 6 heteroatoms. The van der Waals surface area contributed by atoms with Crippen LogP contribution in [0.3, 0.4) is 0 Å². The van der Waals surface area contributed by atoms with E-state index in [9.17, 15) is 4.79 Å². The summed E-state index contributed by atoms with van der Waals surface area (Å²) in [5, 5.41) is 7.28. The molecule has 118 valence electrons. The Balaban J connectivity index is 1.77. The lowest BCUT2D eigenvalue weighted by Crippen LogP contribution is -2.39. The lowest BCUT2D eigenvalue weighted by molar-refractivity contribution is 0.0698. The van der Waals surface area contributed by atoms with Crippen LogP contribution in [0.1, 0.15) is 60.1 Å². The summed E-state index contributed by atoms with van der Waals surface area (Å²) in [6.07, 6.45) is 6.97. The number of nitrogens with zero attached hydrogens (tertiary/aromatic N) is 3. The number of aromatic amines is 1. The first-order valence-electron chi connectivity index (χ1n) is 7.98. The smallest absolute Gasteiger partial charge is 0.276 e. The van der Waals surface area contributed by atoms with Crippen LogP contribution in [0.2, 0.25) is 0 Å². The van der Waals surface area contributed by atoms with Crippen LogP contribution in [0.5, 0.6) is 0 Å². The van der Waals surface area contributed by atoms with E-state index in [2.05, 4.69) is 22.1 Å². The van der Waals surface area contributed by atoms with Gasteiger partial charge in [0.2, 0.25) is 0 Å². The van der Waals surface area contributed by atoms with E-state index < -0.39 is 0 Å². The Hall–Kier alpha value is -2.11. The number of carbonyl (C=O) groups is 1. The highest BCUT2D eigenvalue weighted by Crippen LogP contribution is 2.29. The largest absolute Gasteiger partial charge is 0.448 e. The van der Waals surface area contributed by atoms with Gasteiger partial charge in [-0.25, -0.2) is 4.98 Å². The molecule has 3 rings (SSSR count). The highest BCUT2D eigenvalue weighted by atomic mass is 16.3. The number of carbonyl (C=O) groups excluding carboxylic acids is 1. The molecule has 1 aliphatic rings. The van der Waals surface area contributed by atoms with Crippen molar-refractivity contribution in [2.75, 3.05) is 13.1 Å². The van der Waals surface area contributed by atoms with Gasteiger partial charge in [0, 0.05) is 31.1 Å². The Morgan fingerprint density at radius 1 is 1.45 bits per heavy atom.